The quantitative estimate of drug-likeness (QED) is 0.925. The number of carbonyl (C=O) groups is 1. The van der Waals surface area contributed by atoms with Gasteiger partial charge in [-0.2, -0.15) is 0 Å². The van der Waals surface area contributed by atoms with E-state index in [9.17, 15) is 4.79 Å². The number of aryl methyl sites for hydroxylation is 2. The van der Waals surface area contributed by atoms with Crippen molar-refractivity contribution in [3.63, 3.8) is 0 Å². The van der Waals surface area contributed by atoms with E-state index < -0.39 is 0 Å². The minimum absolute atomic E-state index is 0.101. The summed E-state index contributed by atoms with van der Waals surface area (Å²) in [4.78, 5) is 12.4. The van der Waals surface area contributed by atoms with Gasteiger partial charge in [0.05, 0.1) is 11.7 Å². The van der Waals surface area contributed by atoms with E-state index in [0.29, 0.717) is 5.56 Å². The normalized spacial score (nSPS) is 12.2. The first kappa shape index (κ1) is 14.8. The fourth-order valence-electron chi connectivity index (χ4n) is 2.31. The lowest BCUT2D eigenvalue weighted by Gasteiger charge is -2.15. The number of hydrogen-bond donors (Lipinski definition) is 1. The third kappa shape index (κ3) is 2.77. The summed E-state index contributed by atoms with van der Waals surface area (Å²) in [5.41, 5.74) is 3.33. The first-order valence-corrected chi connectivity index (χ1v) is 7.20. The zero-order valence-corrected chi connectivity index (χ0v) is 13.5. The van der Waals surface area contributed by atoms with Crippen LogP contribution in [-0.2, 0) is 0 Å². The lowest BCUT2D eigenvalue weighted by Crippen LogP contribution is -2.27. The summed E-state index contributed by atoms with van der Waals surface area (Å²) in [6, 6.07) is 5.44. The molecule has 0 saturated heterocycles. The highest BCUT2D eigenvalue weighted by molar-refractivity contribution is 9.10. The Bertz CT molecular complexity index is 630. The van der Waals surface area contributed by atoms with Gasteiger partial charge in [0.15, 0.2) is 0 Å². The first-order valence-electron chi connectivity index (χ1n) is 6.40. The average Bonchev–Trinajstić information content (AvgIpc) is 2.72. The maximum absolute atomic E-state index is 12.4. The van der Waals surface area contributed by atoms with Gasteiger partial charge in [0, 0.05) is 15.6 Å². The van der Waals surface area contributed by atoms with Crippen LogP contribution in [0.3, 0.4) is 0 Å². The Morgan fingerprint density at radius 2 is 2.05 bits per heavy atom. The van der Waals surface area contributed by atoms with Crippen LogP contribution in [0.25, 0.3) is 0 Å². The summed E-state index contributed by atoms with van der Waals surface area (Å²) in [5, 5.41) is 6.90. The van der Waals surface area contributed by atoms with Gasteiger partial charge in [-0.25, -0.2) is 0 Å². The highest BCUT2D eigenvalue weighted by atomic mass is 79.9. The smallest absolute Gasteiger partial charge is 0.252 e. The van der Waals surface area contributed by atoms with Crippen molar-refractivity contribution in [2.24, 2.45) is 0 Å². The van der Waals surface area contributed by atoms with E-state index in [-0.39, 0.29) is 11.9 Å². The summed E-state index contributed by atoms with van der Waals surface area (Å²) in [6.07, 6.45) is 0. The van der Waals surface area contributed by atoms with E-state index in [1.54, 1.807) is 0 Å². The highest BCUT2D eigenvalue weighted by Gasteiger charge is 2.19. The van der Waals surface area contributed by atoms with Crippen LogP contribution in [0.5, 0.6) is 0 Å². The van der Waals surface area contributed by atoms with Crippen LogP contribution in [0.2, 0.25) is 0 Å². The van der Waals surface area contributed by atoms with Crippen molar-refractivity contribution in [1.82, 2.24) is 10.5 Å². The molecule has 0 spiro atoms. The van der Waals surface area contributed by atoms with E-state index in [1.807, 2.05) is 45.9 Å². The molecule has 1 unspecified atom stereocenters. The minimum Gasteiger partial charge on any atom is -0.361 e. The molecule has 106 valence electrons. The van der Waals surface area contributed by atoms with Crippen molar-refractivity contribution < 1.29 is 9.32 Å². The molecule has 1 atom stereocenters. The molecule has 1 amide bonds. The molecule has 2 aromatic rings. The Balaban J connectivity index is 2.22. The van der Waals surface area contributed by atoms with Crippen molar-refractivity contribution in [2.75, 3.05) is 0 Å². The molecule has 5 heteroatoms. The number of amides is 1. The van der Waals surface area contributed by atoms with Crippen molar-refractivity contribution in [2.45, 2.75) is 33.7 Å². The molecule has 0 radical (unpaired) electrons. The van der Waals surface area contributed by atoms with Gasteiger partial charge in [0.25, 0.3) is 5.91 Å². The van der Waals surface area contributed by atoms with Crippen LogP contribution in [0.15, 0.2) is 27.2 Å². The number of nitrogens with one attached hydrogen (secondary N) is 1. The Morgan fingerprint density at radius 1 is 1.35 bits per heavy atom. The molecule has 1 aromatic heterocycles. The third-order valence-corrected chi connectivity index (χ3v) is 4.24. The maximum atomic E-state index is 12.4. The van der Waals surface area contributed by atoms with E-state index >= 15 is 0 Å². The van der Waals surface area contributed by atoms with E-state index in [2.05, 4.69) is 26.4 Å². The molecule has 0 bridgehead atoms. The van der Waals surface area contributed by atoms with Gasteiger partial charge in [-0.05, 0) is 45.4 Å². The van der Waals surface area contributed by atoms with Crippen molar-refractivity contribution in [3.8, 4) is 0 Å². The third-order valence-electron chi connectivity index (χ3n) is 3.38. The number of carbonyl (C=O) groups excluding carboxylic acids is 1. The fourth-order valence-corrected chi connectivity index (χ4v) is 2.67. The highest BCUT2D eigenvalue weighted by Crippen LogP contribution is 2.23. The van der Waals surface area contributed by atoms with Gasteiger partial charge < -0.3 is 9.84 Å². The number of rotatable bonds is 3. The van der Waals surface area contributed by atoms with Crippen LogP contribution in [0.1, 0.15) is 45.9 Å². The van der Waals surface area contributed by atoms with Crippen molar-refractivity contribution >= 4 is 21.8 Å². The second-order valence-corrected chi connectivity index (χ2v) is 5.70. The molecule has 0 saturated carbocycles. The van der Waals surface area contributed by atoms with Crippen molar-refractivity contribution in [3.05, 3.63) is 50.8 Å². The summed E-state index contributed by atoms with van der Waals surface area (Å²) >= 11 is 3.44. The Morgan fingerprint density at radius 3 is 2.65 bits per heavy atom. The Kier molecular flexibility index (Phi) is 4.28. The molecule has 1 aromatic carbocycles. The summed E-state index contributed by atoms with van der Waals surface area (Å²) < 4.78 is 6.06. The van der Waals surface area contributed by atoms with E-state index in [4.69, 9.17) is 4.52 Å². The Hall–Kier alpha value is -1.62. The topological polar surface area (TPSA) is 55.1 Å². The molecule has 2 rings (SSSR count). The van der Waals surface area contributed by atoms with Gasteiger partial charge >= 0.3 is 0 Å². The minimum atomic E-state index is -0.146. The number of halogens is 1. The van der Waals surface area contributed by atoms with E-state index in [0.717, 1.165) is 27.1 Å². The molecule has 0 aliphatic carbocycles. The zero-order chi connectivity index (χ0) is 14.9. The summed E-state index contributed by atoms with van der Waals surface area (Å²) in [5.74, 6) is 0.637. The average molecular weight is 337 g/mol. The molecular weight excluding hydrogens is 320 g/mol. The molecule has 0 aliphatic rings. The van der Waals surface area contributed by atoms with Crippen LogP contribution in [0, 0.1) is 20.8 Å². The second kappa shape index (κ2) is 5.79. The summed E-state index contributed by atoms with van der Waals surface area (Å²) in [7, 11) is 0. The maximum Gasteiger partial charge on any atom is 0.252 e. The molecule has 4 nitrogen and oxygen atoms in total. The van der Waals surface area contributed by atoms with Crippen LogP contribution >= 0.6 is 15.9 Å². The van der Waals surface area contributed by atoms with Gasteiger partial charge in [0.2, 0.25) is 0 Å². The number of aromatic nitrogens is 1. The lowest BCUT2D eigenvalue weighted by atomic mass is 10.0. The zero-order valence-electron chi connectivity index (χ0n) is 12.0. The lowest BCUT2D eigenvalue weighted by molar-refractivity contribution is 0.0939. The van der Waals surface area contributed by atoms with Gasteiger partial charge in [-0.15, -0.1) is 0 Å². The standard InChI is InChI=1S/C15H17BrN2O2/c1-8-12(6-5-7-13(8)16)15(19)17-9(2)14-10(3)18-20-11(14)4/h5-7,9H,1-4H3,(H,17,19). The molecule has 0 aliphatic heterocycles. The Labute approximate surface area is 126 Å². The number of nitrogens with zero attached hydrogens (tertiary/aromatic N) is 1. The number of benzene rings is 1. The monoisotopic (exact) mass is 336 g/mol. The van der Waals surface area contributed by atoms with Crippen molar-refractivity contribution in [1.29, 1.82) is 0 Å². The van der Waals surface area contributed by atoms with Crippen LogP contribution in [-0.4, -0.2) is 11.1 Å². The van der Waals surface area contributed by atoms with Crippen LogP contribution in [0.4, 0.5) is 0 Å². The first-order chi connectivity index (χ1) is 9.41. The fraction of sp³-hybridized carbons (Fsp3) is 0.333. The predicted octanol–water partition coefficient (Wildman–Crippen LogP) is 3.85. The SMILES string of the molecule is Cc1noc(C)c1C(C)NC(=O)c1cccc(Br)c1C. The summed E-state index contributed by atoms with van der Waals surface area (Å²) in [6.45, 7) is 7.57. The largest absolute Gasteiger partial charge is 0.361 e. The molecule has 0 fully saturated rings. The second-order valence-electron chi connectivity index (χ2n) is 4.85. The predicted molar refractivity (Wildman–Crippen MR) is 80.7 cm³/mol. The molecule has 1 N–H and O–H groups in total. The van der Waals surface area contributed by atoms with Crippen LogP contribution < -0.4 is 5.32 Å². The number of hydrogen-bond acceptors (Lipinski definition) is 3. The molecule has 1 heterocycles. The van der Waals surface area contributed by atoms with Gasteiger partial charge in [-0.1, -0.05) is 27.2 Å². The van der Waals surface area contributed by atoms with Gasteiger partial charge in [0.1, 0.15) is 5.76 Å². The molecule has 20 heavy (non-hydrogen) atoms. The van der Waals surface area contributed by atoms with Gasteiger partial charge in [-0.3, -0.25) is 4.79 Å². The van der Waals surface area contributed by atoms with E-state index in [1.165, 1.54) is 0 Å². The molecular formula is C15H17BrN2O2.